The van der Waals surface area contributed by atoms with Crippen molar-refractivity contribution in [3.8, 4) is 5.75 Å². The molecule has 0 saturated carbocycles. The van der Waals surface area contributed by atoms with Crippen LogP contribution >= 0.6 is 11.6 Å². The van der Waals surface area contributed by atoms with Gasteiger partial charge in [0.1, 0.15) is 5.75 Å². The zero-order valence-corrected chi connectivity index (χ0v) is 15.8. The first-order chi connectivity index (χ1) is 13.0. The van der Waals surface area contributed by atoms with Crippen molar-refractivity contribution >= 4 is 23.3 Å². The third-order valence-electron chi connectivity index (χ3n) is 5.35. The lowest BCUT2D eigenvalue weighted by molar-refractivity contribution is -0.122. The fraction of sp³-hybridized carbons (Fsp3) is 0.273. The van der Waals surface area contributed by atoms with E-state index in [1.54, 1.807) is 13.2 Å². The first-order valence-electron chi connectivity index (χ1n) is 9.00. The molecule has 0 spiro atoms. The van der Waals surface area contributed by atoms with Crippen molar-refractivity contribution in [2.45, 2.75) is 31.1 Å². The Labute approximate surface area is 163 Å². The molecule has 0 radical (unpaired) electrons. The number of allylic oxidation sites excluding steroid dienone is 2. The molecular weight excluding hydrogens is 362 g/mol. The standard InChI is InChI=1S/C22H20ClNO3/c1-27-17-7-3-4-13(9-17)15-10-19-22(20(25)11-15)18(12-21(26)24-19)14-5-2-6-16(23)8-14/h2-9,15,18H,10-12H2,1H3,(H,24,26). The maximum absolute atomic E-state index is 13.1. The van der Waals surface area contributed by atoms with Crippen LogP contribution in [0.3, 0.4) is 0 Å². The van der Waals surface area contributed by atoms with E-state index < -0.39 is 0 Å². The first kappa shape index (κ1) is 17.8. The van der Waals surface area contributed by atoms with Crippen LogP contribution in [0.25, 0.3) is 0 Å². The van der Waals surface area contributed by atoms with Crippen molar-refractivity contribution < 1.29 is 14.3 Å². The van der Waals surface area contributed by atoms with E-state index in [4.69, 9.17) is 16.3 Å². The number of benzene rings is 2. The highest BCUT2D eigenvalue weighted by atomic mass is 35.5. The lowest BCUT2D eigenvalue weighted by Gasteiger charge is -2.34. The predicted molar refractivity (Wildman–Crippen MR) is 104 cm³/mol. The average molecular weight is 382 g/mol. The van der Waals surface area contributed by atoms with E-state index in [0.717, 1.165) is 28.1 Å². The number of carbonyl (C=O) groups excluding carboxylic acids is 2. The second-order valence-electron chi connectivity index (χ2n) is 7.06. The quantitative estimate of drug-likeness (QED) is 0.859. The number of rotatable bonds is 3. The summed E-state index contributed by atoms with van der Waals surface area (Å²) in [5, 5.41) is 3.56. The van der Waals surface area contributed by atoms with Crippen LogP contribution < -0.4 is 10.1 Å². The average Bonchev–Trinajstić information content (AvgIpc) is 2.67. The molecule has 2 aromatic rings. The summed E-state index contributed by atoms with van der Waals surface area (Å²) in [4.78, 5) is 25.4. The highest BCUT2D eigenvalue weighted by molar-refractivity contribution is 6.30. The molecule has 0 fully saturated rings. The Morgan fingerprint density at radius 3 is 2.56 bits per heavy atom. The van der Waals surface area contributed by atoms with E-state index >= 15 is 0 Å². The van der Waals surface area contributed by atoms with Crippen LogP contribution in [0.15, 0.2) is 59.8 Å². The van der Waals surface area contributed by atoms with Crippen LogP contribution in [0.1, 0.15) is 42.2 Å². The Morgan fingerprint density at radius 2 is 1.78 bits per heavy atom. The van der Waals surface area contributed by atoms with Crippen molar-refractivity contribution in [1.82, 2.24) is 5.32 Å². The summed E-state index contributed by atoms with van der Waals surface area (Å²) in [5.41, 5.74) is 3.45. The minimum atomic E-state index is -0.230. The largest absolute Gasteiger partial charge is 0.497 e. The summed E-state index contributed by atoms with van der Waals surface area (Å²) < 4.78 is 5.30. The van der Waals surface area contributed by atoms with Crippen LogP contribution in [-0.4, -0.2) is 18.8 Å². The van der Waals surface area contributed by atoms with Crippen molar-refractivity contribution in [2.75, 3.05) is 7.11 Å². The molecule has 27 heavy (non-hydrogen) atoms. The summed E-state index contributed by atoms with van der Waals surface area (Å²) in [5.74, 6) is 0.604. The van der Waals surface area contributed by atoms with Gasteiger partial charge in [0.25, 0.3) is 0 Å². The number of ketones is 1. The van der Waals surface area contributed by atoms with E-state index in [1.807, 2.05) is 42.5 Å². The molecule has 5 heteroatoms. The Bertz CT molecular complexity index is 950. The Morgan fingerprint density at radius 1 is 1.00 bits per heavy atom. The number of carbonyl (C=O) groups is 2. The number of hydrogen-bond donors (Lipinski definition) is 1. The summed E-state index contributed by atoms with van der Waals surface area (Å²) >= 11 is 6.13. The van der Waals surface area contributed by atoms with Gasteiger partial charge in [-0.15, -0.1) is 0 Å². The second kappa shape index (κ2) is 7.20. The molecule has 1 N–H and O–H groups in total. The van der Waals surface area contributed by atoms with Gasteiger partial charge in [0.2, 0.25) is 5.91 Å². The van der Waals surface area contributed by atoms with Gasteiger partial charge < -0.3 is 10.1 Å². The first-order valence-corrected chi connectivity index (χ1v) is 9.38. The minimum absolute atomic E-state index is 0.0322. The molecule has 0 aromatic heterocycles. The third-order valence-corrected chi connectivity index (χ3v) is 5.59. The second-order valence-corrected chi connectivity index (χ2v) is 7.49. The molecule has 2 unspecified atom stereocenters. The third kappa shape index (κ3) is 3.50. The van der Waals surface area contributed by atoms with Gasteiger partial charge in [-0.05, 0) is 47.7 Å². The van der Waals surface area contributed by atoms with Gasteiger partial charge in [0.15, 0.2) is 5.78 Å². The fourth-order valence-corrected chi connectivity index (χ4v) is 4.30. The topological polar surface area (TPSA) is 55.4 Å². The van der Waals surface area contributed by atoms with Gasteiger partial charge in [-0.2, -0.15) is 0 Å². The highest BCUT2D eigenvalue weighted by Crippen LogP contribution is 2.43. The molecule has 1 amide bonds. The van der Waals surface area contributed by atoms with Gasteiger partial charge in [0, 0.05) is 35.1 Å². The van der Waals surface area contributed by atoms with Crippen LogP contribution in [0.5, 0.6) is 5.75 Å². The van der Waals surface area contributed by atoms with Crippen LogP contribution in [0.4, 0.5) is 0 Å². The smallest absolute Gasteiger partial charge is 0.225 e. The Balaban J connectivity index is 1.71. The van der Waals surface area contributed by atoms with Crippen LogP contribution in [0, 0.1) is 0 Å². The fourth-order valence-electron chi connectivity index (χ4n) is 4.10. The Hall–Kier alpha value is -2.59. The molecule has 2 aliphatic rings. The molecule has 2 aromatic carbocycles. The predicted octanol–water partition coefficient (Wildman–Crippen LogP) is 4.35. The van der Waals surface area contributed by atoms with Crippen molar-refractivity contribution in [3.05, 3.63) is 76.0 Å². The maximum Gasteiger partial charge on any atom is 0.225 e. The van der Waals surface area contributed by atoms with Crippen LogP contribution in [0.2, 0.25) is 5.02 Å². The lowest BCUT2D eigenvalue weighted by Crippen LogP contribution is -2.38. The molecule has 1 aliphatic carbocycles. The molecular formula is C22H20ClNO3. The molecule has 1 aliphatic heterocycles. The molecule has 4 rings (SSSR count). The number of Topliss-reactive ketones (excluding diaryl/α,β-unsaturated/α-hetero) is 1. The van der Waals surface area contributed by atoms with Gasteiger partial charge >= 0.3 is 0 Å². The van der Waals surface area contributed by atoms with Gasteiger partial charge in [-0.25, -0.2) is 0 Å². The number of methoxy groups -OCH3 is 1. The maximum atomic E-state index is 13.1. The minimum Gasteiger partial charge on any atom is -0.497 e. The normalized spacial score (nSPS) is 22.3. The summed E-state index contributed by atoms with van der Waals surface area (Å²) in [6.45, 7) is 0. The SMILES string of the molecule is COc1cccc(C2CC(=O)C3=C(C2)NC(=O)CC3c2cccc(Cl)c2)c1. The van der Waals surface area contributed by atoms with E-state index in [9.17, 15) is 9.59 Å². The van der Waals surface area contributed by atoms with Crippen molar-refractivity contribution in [1.29, 1.82) is 0 Å². The van der Waals surface area contributed by atoms with Gasteiger partial charge in [-0.3, -0.25) is 9.59 Å². The number of hydrogen-bond acceptors (Lipinski definition) is 3. The van der Waals surface area contributed by atoms with Crippen molar-refractivity contribution in [3.63, 3.8) is 0 Å². The molecule has 2 atom stereocenters. The van der Waals surface area contributed by atoms with E-state index in [0.29, 0.717) is 17.9 Å². The van der Waals surface area contributed by atoms with E-state index in [1.165, 1.54) is 0 Å². The van der Waals surface area contributed by atoms with Gasteiger partial charge in [0.05, 0.1) is 7.11 Å². The lowest BCUT2D eigenvalue weighted by atomic mass is 9.73. The monoisotopic (exact) mass is 381 g/mol. The van der Waals surface area contributed by atoms with Crippen molar-refractivity contribution in [2.24, 2.45) is 0 Å². The van der Waals surface area contributed by atoms with Gasteiger partial charge in [-0.1, -0.05) is 35.9 Å². The number of nitrogens with one attached hydrogen (secondary N) is 1. The Kier molecular flexibility index (Phi) is 4.75. The number of amides is 1. The summed E-state index contributed by atoms with van der Waals surface area (Å²) in [6, 6.07) is 15.2. The summed E-state index contributed by atoms with van der Waals surface area (Å²) in [6.07, 6.45) is 1.34. The number of halogens is 1. The van der Waals surface area contributed by atoms with E-state index in [-0.39, 0.29) is 29.9 Å². The summed E-state index contributed by atoms with van der Waals surface area (Å²) in [7, 11) is 1.63. The molecule has 0 saturated heterocycles. The molecule has 1 heterocycles. The molecule has 4 nitrogen and oxygen atoms in total. The zero-order chi connectivity index (χ0) is 19.0. The highest BCUT2D eigenvalue weighted by Gasteiger charge is 2.38. The molecule has 0 bridgehead atoms. The molecule has 138 valence electrons. The van der Waals surface area contributed by atoms with Crippen LogP contribution in [-0.2, 0) is 9.59 Å². The van der Waals surface area contributed by atoms with E-state index in [2.05, 4.69) is 5.32 Å². The zero-order valence-electron chi connectivity index (χ0n) is 15.0. The number of ether oxygens (including phenoxy) is 1.